The number of hydrazone groups is 1. The SMILES string of the molecule is Cc1ccc(-n2[nH]c(C)c(/C=N\NC(=O)c3cccc(Br)c3)c2=O)cc1. The van der Waals surface area contributed by atoms with E-state index in [4.69, 9.17) is 0 Å². The highest BCUT2D eigenvalue weighted by atomic mass is 79.9. The molecular formula is C19H17BrN4O2. The first-order chi connectivity index (χ1) is 12.5. The summed E-state index contributed by atoms with van der Waals surface area (Å²) in [6.07, 6.45) is 1.36. The summed E-state index contributed by atoms with van der Waals surface area (Å²) in [5, 5.41) is 6.94. The van der Waals surface area contributed by atoms with E-state index >= 15 is 0 Å². The topological polar surface area (TPSA) is 79.2 Å². The van der Waals surface area contributed by atoms with Crippen molar-refractivity contribution >= 4 is 28.1 Å². The third kappa shape index (κ3) is 3.83. The minimum absolute atomic E-state index is 0.230. The molecule has 0 radical (unpaired) electrons. The third-order valence-corrected chi connectivity index (χ3v) is 4.35. The molecule has 0 aliphatic carbocycles. The number of benzene rings is 2. The van der Waals surface area contributed by atoms with Crippen LogP contribution in [0.15, 0.2) is 62.9 Å². The zero-order valence-corrected chi connectivity index (χ0v) is 15.9. The van der Waals surface area contributed by atoms with Gasteiger partial charge >= 0.3 is 0 Å². The number of halogens is 1. The number of H-pyrrole nitrogens is 1. The van der Waals surface area contributed by atoms with Gasteiger partial charge in [0.05, 0.1) is 17.5 Å². The van der Waals surface area contributed by atoms with Crippen LogP contribution >= 0.6 is 15.9 Å². The fraction of sp³-hybridized carbons (Fsp3) is 0.105. The van der Waals surface area contributed by atoms with E-state index in [0.717, 1.165) is 15.7 Å². The number of aromatic amines is 1. The maximum atomic E-state index is 12.6. The molecule has 0 unspecified atom stereocenters. The molecule has 0 aliphatic heterocycles. The van der Waals surface area contributed by atoms with E-state index in [1.165, 1.54) is 10.9 Å². The second-order valence-electron chi connectivity index (χ2n) is 5.84. The number of hydrogen-bond donors (Lipinski definition) is 2. The maximum Gasteiger partial charge on any atom is 0.280 e. The van der Waals surface area contributed by atoms with Crippen LogP contribution in [0.5, 0.6) is 0 Å². The molecule has 0 saturated carbocycles. The first-order valence-corrected chi connectivity index (χ1v) is 8.72. The predicted molar refractivity (Wildman–Crippen MR) is 105 cm³/mol. The number of nitrogens with one attached hydrogen (secondary N) is 2. The summed E-state index contributed by atoms with van der Waals surface area (Å²) >= 11 is 3.32. The van der Waals surface area contributed by atoms with Crippen molar-refractivity contribution in [3.8, 4) is 5.69 Å². The number of aryl methyl sites for hydroxylation is 2. The molecule has 3 aromatic rings. The molecule has 132 valence electrons. The summed E-state index contributed by atoms with van der Waals surface area (Å²) in [5.74, 6) is -0.352. The van der Waals surface area contributed by atoms with Gasteiger partial charge in [-0.25, -0.2) is 10.1 Å². The van der Waals surface area contributed by atoms with Gasteiger partial charge in [0.15, 0.2) is 0 Å². The fourth-order valence-corrected chi connectivity index (χ4v) is 2.84. The Morgan fingerprint density at radius 3 is 2.62 bits per heavy atom. The Balaban J connectivity index is 1.80. The second-order valence-corrected chi connectivity index (χ2v) is 6.75. The van der Waals surface area contributed by atoms with E-state index in [9.17, 15) is 9.59 Å². The first kappa shape index (κ1) is 17.9. The van der Waals surface area contributed by atoms with Gasteiger partial charge < -0.3 is 0 Å². The van der Waals surface area contributed by atoms with E-state index in [0.29, 0.717) is 16.8 Å². The number of carbonyl (C=O) groups is 1. The number of hydrogen-bond acceptors (Lipinski definition) is 3. The molecular weight excluding hydrogens is 396 g/mol. The van der Waals surface area contributed by atoms with Gasteiger partial charge in [0.25, 0.3) is 11.5 Å². The summed E-state index contributed by atoms with van der Waals surface area (Å²) in [5.41, 5.74) is 5.58. The van der Waals surface area contributed by atoms with Gasteiger partial charge in [0, 0.05) is 15.7 Å². The van der Waals surface area contributed by atoms with Crippen molar-refractivity contribution in [2.45, 2.75) is 13.8 Å². The van der Waals surface area contributed by atoms with Crippen LogP contribution in [0.1, 0.15) is 27.2 Å². The molecule has 2 N–H and O–H groups in total. The van der Waals surface area contributed by atoms with Crippen molar-refractivity contribution < 1.29 is 4.79 Å². The Morgan fingerprint density at radius 1 is 1.19 bits per heavy atom. The number of aromatic nitrogens is 2. The monoisotopic (exact) mass is 412 g/mol. The molecule has 1 aromatic heterocycles. The lowest BCUT2D eigenvalue weighted by Gasteiger charge is -2.01. The first-order valence-electron chi connectivity index (χ1n) is 7.93. The van der Waals surface area contributed by atoms with E-state index in [-0.39, 0.29) is 11.5 Å². The standard InChI is InChI=1S/C19H17BrN4O2/c1-12-6-8-16(9-7-12)24-19(26)17(13(2)23-24)11-21-22-18(25)14-4-3-5-15(20)10-14/h3-11,23H,1-2H3,(H,22,25)/b21-11-. The normalized spacial score (nSPS) is 11.0. The van der Waals surface area contributed by atoms with E-state index in [1.807, 2.05) is 37.3 Å². The average molecular weight is 413 g/mol. The molecule has 0 saturated heterocycles. The highest BCUT2D eigenvalue weighted by Crippen LogP contribution is 2.11. The van der Waals surface area contributed by atoms with Crippen LogP contribution < -0.4 is 11.0 Å². The van der Waals surface area contributed by atoms with Crippen molar-refractivity contribution in [2.75, 3.05) is 0 Å². The molecule has 1 heterocycles. The van der Waals surface area contributed by atoms with Crippen molar-refractivity contribution in [3.63, 3.8) is 0 Å². The Kier molecular flexibility index (Phi) is 5.18. The van der Waals surface area contributed by atoms with Crippen LogP contribution in [0.2, 0.25) is 0 Å². The number of rotatable bonds is 4. The second kappa shape index (κ2) is 7.53. The lowest BCUT2D eigenvalue weighted by molar-refractivity contribution is 0.0955. The summed E-state index contributed by atoms with van der Waals surface area (Å²) in [7, 11) is 0. The molecule has 0 bridgehead atoms. The quantitative estimate of drug-likeness (QED) is 0.509. The van der Waals surface area contributed by atoms with Crippen molar-refractivity contribution in [2.24, 2.45) is 5.10 Å². The molecule has 0 aliphatic rings. The molecule has 0 fully saturated rings. The lowest BCUT2D eigenvalue weighted by atomic mass is 10.2. The zero-order chi connectivity index (χ0) is 18.7. The number of amides is 1. The lowest BCUT2D eigenvalue weighted by Crippen LogP contribution is -2.20. The summed E-state index contributed by atoms with van der Waals surface area (Å²) in [6, 6.07) is 14.6. The van der Waals surface area contributed by atoms with Gasteiger partial charge in [0.1, 0.15) is 0 Å². The highest BCUT2D eigenvalue weighted by Gasteiger charge is 2.11. The average Bonchev–Trinajstić information content (AvgIpc) is 2.90. The van der Waals surface area contributed by atoms with Crippen molar-refractivity contribution in [1.29, 1.82) is 0 Å². The molecule has 0 spiro atoms. The van der Waals surface area contributed by atoms with Crippen LogP contribution in [-0.4, -0.2) is 21.9 Å². The maximum absolute atomic E-state index is 12.6. The predicted octanol–water partition coefficient (Wildman–Crippen LogP) is 3.31. The molecule has 3 rings (SSSR count). The Hall–Kier alpha value is -2.93. The Labute approximate surface area is 158 Å². The largest absolute Gasteiger partial charge is 0.295 e. The molecule has 7 heteroatoms. The summed E-state index contributed by atoms with van der Waals surface area (Å²) < 4.78 is 2.25. The van der Waals surface area contributed by atoms with Crippen LogP contribution in [-0.2, 0) is 0 Å². The fourth-order valence-electron chi connectivity index (χ4n) is 2.44. The van der Waals surface area contributed by atoms with Gasteiger partial charge in [-0.2, -0.15) is 5.10 Å². The van der Waals surface area contributed by atoms with Gasteiger partial charge in [0.2, 0.25) is 0 Å². The van der Waals surface area contributed by atoms with Crippen LogP contribution in [0.3, 0.4) is 0 Å². The van der Waals surface area contributed by atoms with Gasteiger partial charge in [-0.1, -0.05) is 39.7 Å². The van der Waals surface area contributed by atoms with Crippen molar-refractivity contribution in [3.05, 3.63) is 85.7 Å². The van der Waals surface area contributed by atoms with E-state index in [1.54, 1.807) is 25.1 Å². The minimum Gasteiger partial charge on any atom is -0.295 e. The molecule has 2 aromatic carbocycles. The van der Waals surface area contributed by atoms with Gasteiger partial charge in [-0.15, -0.1) is 0 Å². The summed E-state index contributed by atoms with van der Waals surface area (Å²) in [4.78, 5) is 24.7. The highest BCUT2D eigenvalue weighted by molar-refractivity contribution is 9.10. The molecule has 6 nitrogen and oxygen atoms in total. The number of nitrogens with zero attached hydrogens (tertiary/aromatic N) is 2. The molecule has 1 amide bonds. The third-order valence-electron chi connectivity index (χ3n) is 3.86. The summed E-state index contributed by atoms with van der Waals surface area (Å²) in [6.45, 7) is 3.77. The van der Waals surface area contributed by atoms with Crippen LogP contribution in [0.4, 0.5) is 0 Å². The van der Waals surface area contributed by atoms with Crippen molar-refractivity contribution in [1.82, 2.24) is 15.2 Å². The zero-order valence-electron chi connectivity index (χ0n) is 14.3. The number of carbonyl (C=O) groups excluding carboxylic acids is 1. The minimum atomic E-state index is -0.352. The van der Waals surface area contributed by atoms with E-state index < -0.39 is 0 Å². The Bertz CT molecular complexity index is 1030. The van der Waals surface area contributed by atoms with E-state index in [2.05, 4.69) is 31.6 Å². The van der Waals surface area contributed by atoms with Gasteiger partial charge in [-0.3, -0.25) is 14.7 Å². The van der Waals surface area contributed by atoms with Crippen LogP contribution in [0, 0.1) is 13.8 Å². The smallest absolute Gasteiger partial charge is 0.280 e. The molecule has 26 heavy (non-hydrogen) atoms. The van der Waals surface area contributed by atoms with Gasteiger partial charge in [-0.05, 0) is 44.2 Å². The van der Waals surface area contributed by atoms with Crippen LogP contribution in [0.25, 0.3) is 5.69 Å². The Morgan fingerprint density at radius 2 is 1.92 bits per heavy atom. The molecule has 0 atom stereocenters.